The number of anilines is 1. The highest BCUT2D eigenvalue weighted by molar-refractivity contribution is 9.10. The highest BCUT2D eigenvalue weighted by atomic mass is 79.9. The second-order valence-electron chi connectivity index (χ2n) is 4.20. The third-order valence-corrected chi connectivity index (χ3v) is 3.44. The fourth-order valence-corrected chi connectivity index (χ4v) is 2.42. The molecule has 0 spiro atoms. The molecule has 0 atom stereocenters. The lowest BCUT2D eigenvalue weighted by Crippen LogP contribution is -2.21. The van der Waals surface area contributed by atoms with Gasteiger partial charge in [-0.2, -0.15) is 0 Å². The first-order valence-corrected chi connectivity index (χ1v) is 6.32. The fraction of sp³-hybridized carbons (Fsp3) is 0.308. The molecule has 1 aliphatic heterocycles. The molecule has 0 aliphatic carbocycles. The Morgan fingerprint density at radius 3 is 2.94 bits per heavy atom. The summed E-state index contributed by atoms with van der Waals surface area (Å²) >= 11 is 3.42. The van der Waals surface area contributed by atoms with Gasteiger partial charge in [-0.25, -0.2) is 4.79 Å². The van der Waals surface area contributed by atoms with Gasteiger partial charge in [-0.15, -0.1) is 0 Å². The fourth-order valence-electron chi connectivity index (χ4n) is 2.04. The normalized spacial score (nSPS) is 18.7. The minimum absolute atomic E-state index is 0.484. The van der Waals surface area contributed by atoms with Gasteiger partial charge in [-0.3, -0.25) is 0 Å². The SMILES string of the molecule is CN1CCC/C(C(=O)O)=C\c2cc(Br)ccc21. The van der Waals surface area contributed by atoms with Crippen LogP contribution in [0.4, 0.5) is 5.69 Å². The number of carboxylic acid groups (broad SMARTS) is 1. The van der Waals surface area contributed by atoms with E-state index in [-0.39, 0.29) is 0 Å². The zero-order valence-electron chi connectivity index (χ0n) is 9.61. The first-order valence-electron chi connectivity index (χ1n) is 5.52. The highest BCUT2D eigenvalue weighted by Gasteiger charge is 2.14. The van der Waals surface area contributed by atoms with E-state index < -0.39 is 5.97 Å². The molecule has 0 saturated carbocycles. The molecule has 0 fully saturated rings. The molecule has 0 radical (unpaired) electrons. The second kappa shape index (κ2) is 4.92. The number of fused-ring (bicyclic) bond motifs is 1. The molecule has 17 heavy (non-hydrogen) atoms. The van der Waals surface area contributed by atoms with Gasteiger partial charge in [0, 0.05) is 29.3 Å². The Balaban J connectivity index is 2.53. The minimum atomic E-state index is -0.819. The third kappa shape index (κ3) is 2.69. The molecule has 90 valence electrons. The van der Waals surface area contributed by atoms with E-state index in [9.17, 15) is 4.79 Å². The van der Waals surface area contributed by atoms with Gasteiger partial charge < -0.3 is 10.0 Å². The van der Waals surface area contributed by atoms with Gasteiger partial charge in [0.2, 0.25) is 0 Å². The number of benzene rings is 1. The van der Waals surface area contributed by atoms with Crippen LogP contribution in [0.5, 0.6) is 0 Å². The van der Waals surface area contributed by atoms with E-state index in [1.54, 1.807) is 6.08 Å². The minimum Gasteiger partial charge on any atom is -0.478 e. The number of halogens is 1. The van der Waals surface area contributed by atoms with Gasteiger partial charge in [0.05, 0.1) is 0 Å². The number of aliphatic carboxylic acids is 1. The predicted molar refractivity (Wildman–Crippen MR) is 72.3 cm³/mol. The Morgan fingerprint density at radius 2 is 2.24 bits per heavy atom. The predicted octanol–water partition coefficient (Wildman–Crippen LogP) is 3.15. The van der Waals surface area contributed by atoms with Crippen LogP contribution >= 0.6 is 15.9 Å². The van der Waals surface area contributed by atoms with E-state index in [0.29, 0.717) is 12.0 Å². The molecule has 1 aromatic rings. The molecule has 0 bridgehead atoms. The van der Waals surface area contributed by atoms with Crippen molar-refractivity contribution in [2.24, 2.45) is 0 Å². The van der Waals surface area contributed by atoms with Crippen molar-refractivity contribution in [2.75, 3.05) is 18.5 Å². The molecule has 1 heterocycles. The van der Waals surface area contributed by atoms with Crippen LogP contribution in [0.15, 0.2) is 28.2 Å². The maximum absolute atomic E-state index is 11.1. The van der Waals surface area contributed by atoms with Crippen LogP contribution in [-0.4, -0.2) is 24.7 Å². The zero-order chi connectivity index (χ0) is 12.4. The lowest BCUT2D eigenvalue weighted by Gasteiger charge is -2.24. The Labute approximate surface area is 109 Å². The summed E-state index contributed by atoms with van der Waals surface area (Å²) in [5.74, 6) is -0.819. The molecular formula is C13H14BrNO2. The van der Waals surface area contributed by atoms with Crippen molar-refractivity contribution >= 4 is 33.7 Å². The van der Waals surface area contributed by atoms with Gasteiger partial charge in [0.15, 0.2) is 0 Å². The van der Waals surface area contributed by atoms with Crippen LogP contribution in [-0.2, 0) is 4.79 Å². The Bertz CT molecular complexity index is 482. The first kappa shape index (κ1) is 12.2. The third-order valence-electron chi connectivity index (χ3n) is 2.94. The maximum Gasteiger partial charge on any atom is 0.331 e. The average molecular weight is 296 g/mol. The molecule has 0 aromatic heterocycles. The monoisotopic (exact) mass is 295 g/mol. The maximum atomic E-state index is 11.1. The first-order chi connectivity index (χ1) is 8.08. The molecule has 3 nitrogen and oxygen atoms in total. The van der Waals surface area contributed by atoms with E-state index in [1.165, 1.54) is 0 Å². The lowest BCUT2D eigenvalue weighted by atomic mass is 10.0. The van der Waals surface area contributed by atoms with Crippen molar-refractivity contribution in [3.8, 4) is 0 Å². The number of nitrogens with zero attached hydrogens (tertiary/aromatic N) is 1. The van der Waals surface area contributed by atoms with Crippen LogP contribution in [0, 0.1) is 0 Å². The second-order valence-corrected chi connectivity index (χ2v) is 5.12. The van der Waals surface area contributed by atoms with Crippen molar-refractivity contribution in [3.05, 3.63) is 33.8 Å². The average Bonchev–Trinajstić information content (AvgIpc) is 2.25. The molecule has 1 aliphatic rings. The molecule has 0 saturated heterocycles. The number of hydrogen-bond donors (Lipinski definition) is 1. The van der Waals surface area contributed by atoms with Crippen LogP contribution in [0.3, 0.4) is 0 Å². The summed E-state index contributed by atoms with van der Waals surface area (Å²) in [7, 11) is 2.03. The Kier molecular flexibility index (Phi) is 3.52. The summed E-state index contributed by atoms with van der Waals surface area (Å²) in [6, 6.07) is 5.95. The number of hydrogen-bond acceptors (Lipinski definition) is 2. The number of carbonyl (C=O) groups is 1. The van der Waals surface area contributed by atoms with Gasteiger partial charge in [0.1, 0.15) is 0 Å². The molecule has 1 aromatic carbocycles. The van der Waals surface area contributed by atoms with E-state index in [0.717, 1.165) is 28.7 Å². The number of rotatable bonds is 1. The van der Waals surface area contributed by atoms with Gasteiger partial charge in [-0.05, 0) is 42.7 Å². The van der Waals surface area contributed by atoms with Gasteiger partial charge in [-0.1, -0.05) is 15.9 Å². The summed E-state index contributed by atoms with van der Waals surface area (Å²) in [5, 5.41) is 9.12. The lowest BCUT2D eigenvalue weighted by molar-refractivity contribution is -0.132. The molecule has 2 rings (SSSR count). The van der Waals surface area contributed by atoms with Crippen LogP contribution < -0.4 is 4.90 Å². The Hall–Kier alpha value is -1.29. The van der Waals surface area contributed by atoms with Crippen molar-refractivity contribution in [3.63, 3.8) is 0 Å². The van der Waals surface area contributed by atoms with Crippen molar-refractivity contribution < 1.29 is 9.90 Å². The molecule has 0 unspecified atom stereocenters. The van der Waals surface area contributed by atoms with Crippen molar-refractivity contribution in [2.45, 2.75) is 12.8 Å². The summed E-state index contributed by atoms with van der Waals surface area (Å²) in [5.41, 5.74) is 2.52. The van der Waals surface area contributed by atoms with E-state index in [4.69, 9.17) is 5.11 Å². The molecule has 4 heteroatoms. The Morgan fingerprint density at radius 1 is 1.47 bits per heavy atom. The highest BCUT2D eigenvalue weighted by Crippen LogP contribution is 2.29. The topological polar surface area (TPSA) is 40.5 Å². The van der Waals surface area contributed by atoms with Crippen LogP contribution in [0.25, 0.3) is 6.08 Å². The van der Waals surface area contributed by atoms with Gasteiger partial charge in [0.25, 0.3) is 0 Å². The summed E-state index contributed by atoms with van der Waals surface area (Å²) in [6.07, 6.45) is 3.26. The molecule has 0 amide bonds. The van der Waals surface area contributed by atoms with Crippen LogP contribution in [0.2, 0.25) is 0 Å². The smallest absolute Gasteiger partial charge is 0.331 e. The summed E-state index contributed by atoms with van der Waals surface area (Å²) in [4.78, 5) is 13.3. The summed E-state index contributed by atoms with van der Waals surface area (Å²) in [6.45, 7) is 0.874. The van der Waals surface area contributed by atoms with E-state index >= 15 is 0 Å². The van der Waals surface area contributed by atoms with Gasteiger partial charge >= 0.3 is 5.97 Å². The summed E-state index contributed by atoms with van der Waals surface area (Å²) < 4.78 is 0.964. The van der Waals surface area contributed by atoms with Crippen molar-refractivity contribution in [1.82, 2.24) is 0 Å². The van der Waals surface area contributed by atoms with Crippen LogP contribution in [0.1, 0.15) is 18.4 Å². The standard InChI is InChI=1S/C13H14BrNO2/c1-15-6-2-3-9(13(16)17)7-10-8-11(14)4-5-12(10)15/h4-5,7-8H,2-3,6H2,1H3,(H,16,17)/b9-7+. The number of carboxylic acids is 1. The quantitative estimate of drug-likeness (QED) is 0.865. The van der Waals surface area contributed by atoms with E-state index in [2.05, 4.69) is 20.8 Å². The van der Waals surface area contributed by atoms with E-state index in [1.807, 2.05) is 25.2 Å². The molecular weight excluding hydrogens is 282 g/mol. The zero-order valence-corrected chi connectivity index (χ0v) is 11.2. The molecule has 1 N–H and O–H groups in total. The van der Waals surface area contributed by atoms with Crippen molar-refractivity contribution in [1.29, 1.82) is 0 Å². The largest absolute Gasteiger partial charge is 0.478 e.